The van der Waals surface area contributed by atoms with Gasteiger partial charge in [-0.2, -0.15) is 0 Å². The van der Waals surface area contributed by atoms with Gasteiger partial charge in [0.15, 0.2) is 0 Å². The van der Waals surface area contributed by atoms with Gasteiger partial charge in [-0.3, -0.25) is 19.2 Å². The van der Waals surface area contributed by atoms with Gasteiger partial charge in [-0.05, 0) is 62.4 Å². The Bertz CT molecular complexity index is 1500. The van der Waals surface area contributed by atoms with Crippen LogP contribution in [0.2, 0.25) is 0 Å². The molecule has 0 aromatic heterocycles. The minimum Gasteiger partial charge on any atom is -0.497 e. The van der Waals surface area contributed by atoms with Crippen LogP contribution in [0.1, 0.15) is 38.2 Å². The van der Waals surface area contributed by atoms with E-state index in [1.54, 1.807) is 55.4 Å². The zero-order valence-corrected chi connectivity index (χ0v) is 27.6. The molecule has 2 N–H and O–H groups in total. The monoisotopic (exact) mass is 659 g/mol. The molecule has 2 aromatic rings. The molecule has 0 saturated carbocycles. The standard InChI is InChI=1S/C37H45N3O8/c1-5-7-13-30(42)38-22-24(3)47-36(45)31-29-18-19-37(48-29)32(31)34(43)40(27(23-41)21-25-11-9-8-10-12-25)33(37)35(44)39(20-6-2)26-14-16-28(46-4)17-15-26/h5-6,8-12,14-17,24,27,29,31-33,41H,1-2,7,13,18-23H2,3-4H3,(H,38,42)/t24-,27+,29-,31+,32+,33-,37+/m0/s1. The number of amides is 3. The number of nitrogens with zero attached hydrogens (tertiary/aromatic N) is 2. The third-order valence-corrected chi connectivity index (χ3v) is 9.60. The van der Waals surface area contributed by atoms with Crippen LogP contribution in [0, 0.1) is 11.8 Å². The van der Waals surface area contributed by atoms with Crippen molar-refractivity contribution in [2.45, 2.75) is 68.9 Å². The Labute approximate surface area is 281 Å². The van der Waals surface area contributed by atoms with E-state index in [0.717, 1.165) is 5.56 Å². The molecular formula is C37H45N3O8. The van der Waals surface area contributed by atoms with Crippen LogP contribution in [0.15, 0.2) is 79.9 Å². The average molecular weight is 660 g/mol. The zero-order valence-electron chi connectivity index (χ0n) is 27.6. The van der Waals surface area contributed by atoms with Crippen LogP contribution < -0.4 is 15.0 Å². The van der Waals surface area contributed by atoms with Gasteiger partial charge >= 0.3 is 5.97 Å². The quantitative estimate of drug-likeness (QED) is 0.207. The predicted molar refractivity (Wildman–Crippen MR) is 179 cm³/mol. The maximum Gasteiger partial charge on any atom is 0.312 e. The fourth-order valence-corrected chi connectivity index (χ4v) is 7.43. The third-order valence-electron chi connectivity index (χ3n) is 9.60. The van der Waals surface area contributed by atoms with Crippen molar-refractivity contribution in [3.8, 4) is 5.75 Å². The SMILES string of the molecule is C=CCCC(=O)NC[C@H](C)OC(=O)[C@@H]1[C@@H]2CC[C@]3(O2)[C@H](C(=O)N(CC=C)c2ccc(OC)cc2)N([C@@H](CO)Cc2ccccc2)C(=O)[C@@H]13. The number of anilines is 1. The molecule has 0 radical (unpaired) electrons. The van der Waals surface area contributed by atoms with Crippen molar-refractivity contribution >= 4 is 29.4 Å². The maximum absolute atomic E-state index is 14.9. The molecule has 3 aliphatic heterocycles. The number of esters is 1. The van der Waals surface area contributed by atoms with Crippen molar-refractivity contribution in [1.29, 1.82) is 0 Å². The van der Waals surface area contributed by atoms with Gasteiger partial charge in [0.2, 0.25) is 11.8 Å². The van der Waals surface area contributed by atoms with E-state index in [1.165, 1.54) is 4.90 Å². The zero-order chi connectivity index (χ0) is 34.4. The Morgan fingerprint density at radius 1 is 1.15 bits per heavy atom. The number of aliphatic hydroxyl groups excluding tert-OH is 1. The van der Waals surface area contributed by atoms with Crippen LogP contribution in [-0.4, -0.2) is 90.4 Å². The van der Waals surface area contributed by atoms with Crippen molar-refractivity contribution in [3.05, 3.63) is 85.5 Å². The number of hydrogen-bond acceptors (Lipinski definition) is 8. The lowest BCUT2D eigenvalue weighted by Gasteiger charge is -2.39. The fraction of sp³-hybridized carbons (Fsp3) is 0.459. The lowest BCUT2D eigenvalue weighted by atomic mass is 9.70. The number of nitrogens with one attached hydrogen (secondary N) is 1. The summed E-state index contributed by atoms with van der Waals surface area (Å²) in [5.41, 5.74) is 0.151. The number of rotatable bonds is 16. The van der Waals surface area contributed by atoms with Crippen molar-refractivity contribution in [2.75, 3.05) is 31.7 Å². The summed E-state index contributed by atoms with van der Waals surface area (Å²) in [7, 11) is 1.56. The third kappa shape index (κ3) is 6.75. The number of likely N-dealkylation sites (tertiary alicyclic amines) is 1. The first-order valence-corrected chi connectivity index (χ1v) is 16.5. The van der Waals surface area contributed by atoms with Crippen LogP contribution in [0.5, 0.6) is 5.75 Å². The number of benzene rings is 2. The highest BCUT2D eigenvalue weighted by molar-refractivity contribution is 6.05. The molecule has 2 bridgehead atoms. The van der Waals surface area contributed by atoms with E-state index in [4.69, 9.17) is 14.2 Å². The number of ether oxygens (including phenoxy) is 3. The average Bonchev–Trinajstić information content (AvgIpc) is 3.75. The molecule has 1 spiro atoms. The van der Waals surface area contributed by atoms with Gasteiger partial charge in [-0.1, -0.05) is 42.5 Å². The molecule has 3 heterocycles. The van der Waals surface area contributed by atoms with E-state index < -0.39 is 66.1 Å². The highest BCUT2D eigenvalue weighted by atomic mass is 16.6. The Balaban J connectivity index is 1.48. The fourth-order valence-electron chi connectivity index (χ4n) is 7.43. The second kappa shape index (κ2) is 15.2. The Kier molecular flexibility index (Phi) is 11.0. The largest absolute Gasteiger partial charge is 0.497 e. The Morgan fingerprint density at radius 3 is 2.52 bits per heavy atom. The molecule has 3 fully saturated rings. The van der Waals surface area contributed by atoms with Gasteiger partial charge in [0.1, 0.15) is 23.5 Å². The first-order chi connectivity index (χ1) is 23.2. The molecule has 256 valence electrons. The number of methoxy groups -OCH3 is 1. The molecule has 3 amide bonds. The second-order valence-corrected chi connectivity index (χ2v) is 12.6. The number of allylic oxidation sites excluding steroid dienone is 1. The number of carbonyl (C=O) groups is 4. The smallest absolute Gasteiger partial charge is 0.312 e. The topological polar surface area (TPSA) is 135 Å². The van der Waals surface area contributed by atoms with Gasteiger partial charge < -0.3 is 34.4 Å². The molecule has 3 aliphatic rings. The summed E-state index contributed by atoms with van der Waals surface area (Å²) in [6.07, 6.45) is 3.93. The van der Waals surface area contributed by atoms with Gasteiger partial charge in [0, 0.05) is 18.7 Å². The first kappa shape index (κ1) is 34.8. The van der Waals surface area contributed by atoms with E-state index in [2.05, 4.69) is 18.5 Å². The van der Waals surface area contributed by atoms with Gasteiger partial charge in [0.05, 0.1) is 44.2 Å². The minimum atomic E-state index is -1.30. The molecule has 7 atom stereocenters. The minimum absolute atomic E-state index is 0.110. The molecule has 11 nitrogen and oxygen atoms in total. The highest BCUT2D eigenvalue weighted by Crippen LogP contribution is 2.59. The highest BCUT2D eigenvalue weighted by Gasteiger charge is 2.75. The van der Waals surface area contributed by atoms with Crippen molar-refractivity contribution in [1.82, 2.24) is 10.2 Å². The van der Waals surface area contributed by atoms with Crippen molar-refractivity contribution < 1.29 is 38.5 Å². The van der Waals surface area contributed by atoms with E-state index >= 15 is 0 Å². The number of hydrogen-bond donors (Lipinski definition) is 2. The van der Waals surface area contributed by atoms with Crippen LogP contribution in [0.25, 0.3) is 0 Å². The van der Waals surface area contributed by atoms with Crippen LogP contribution in [0.3, 0.4) is 0 Å². The van der Waals surface area contributed by atoms with Crippen LogP contribution in [0.4, 0.5) is 5.69 Å². The molecule has 0 unspecified atom stereocenters. The Morgan fingerprint density at radius 2 is 1.88 bits per heavy atom. The first-order valence-electron chi connectivity index (χ1n) is 16.5. The van der Waals surface area contributed by atoms with Crippen molar-refractivity contribution in [2.24, 2.45) is 11.8 Å². The lowest BCUT2D eigenvalue weighted by Crippen LogP contribution is -2.59. The lowest BCUT2D eigenvalue weighted by molar-refractivity contribution is -0.159. The van der Waals surface area contributed by atoms with Crippen molar-refractivity contribution in [3.63, 3.8) is 0 Å². The number of carbonyl (C=O) groups excluding carboxylic acids is 4. The summed E-state index contributed by atoms with van der Waals surface area (Å²) < 4.78 is 17.7. The molecule has 5 rings (SSSR count). The summed E-state index contributed by atoms with van der Waals surface area (Å²) in [5.74, 6) is -2.93. The van der Waals surface area contributed by atoms with Gasteiger partial charge in [0.25, 0.3) is 5.91 Å². The normalized spacial score (nSPS) is 25.1. The van der Waals surface area contributed by atoms with E-state index in [0.29, 0.717) is 37.1 Å². The van der Waals surface area contributed by atoms with Crippen LogP contribution in [-0.2, 0) is 35.1 Å². The van der Waals surface area contributed by atoms with Gasteiger partial charge in [-0.25, -0.2) is 0 Å². The van der Waals surface area contributed by atoms with E-state index in [-0.39, 0.29) is 25.4 Å². The molecular weight excluding hydrogens is 614 g/mol. The maximum atomic E-state index is 14.9. The molecule has 2 aromatic carbocycles. The molecule has 0 aliphatic carbocycles. The van der Waals surface area contributed by atoms with E-state index in [1.807, 2.05) is 30.3 Å². The predicted octanol–water partition coefficient (Wildman–Crippen LogP) is 3.21. The van der Waals surface area contributed by atoms with Gasteiger partial charge in [-0.15, -0.1) is 13.2 Å². The number of aliphatic hydroxyl groups is 1. The summed E-state index contributed by atoms with van der Waals surface area (Å²) in [6, 6.07) is 14.6. The summed E-state index contributed by atoms with van der Waals surface area (Å²) in [6.45, 7) is 9.02. The second-order valence-electron chi connectivity index (χ2n) is 12.6. The molecule has 48 heavy (non-hydrogen) atoms. The number of fused-ring (bicyclic) bond motifs is 1. The molecule has 11 heteroatoms. The summed E-state index contributed by atoms with van der Waals surface area (Å²) in [5, 5.41) is 13.5. The van der Waals surface area contributed by atoms with Crippen LogP contribution >= 0.6 is 0 Å². The summed E-state index contributed by atoms with van der Waals surface area (Å²) in [4.78, 5) is 58.4. The van der Waals surface area contributed by atoms with E-state index in [9.17, 15) is 24.3 Å². The molecule has 3 saturated heterocycles. The summed E-state index contributed by atoms with van der Waals surface area (Å²) >= 11 is 0. The Hall–Kier alpha value is -4.48.